The van der Waals surface area contributed by atoms with Gasteiger partial charge in [-0.2, -0.15) is 10.2 Å². The third kappa shape index (κ3) is 7.89. The molecule has 0 atom stereocenters. The van der Waals surface area contributed by atoms with Crippen LogP contribution in [0.1, 0.15) is 119 Å². The number of amides is 1. The van der Waals surface area contributed by atoms with Crippen molar-refractivity contribution >= 4 is 23.5 Å². The average molecular weight is 654 g/mol. The third-order valence-electron chi connectivity index (χ3n) is 8.57. The SMILES string of the molecule is CCOC(=O)c1cnn(C(=O)OC(C)(C)C)c1OCC[C@]1(CC)C[C@@H](NC(=O)c2cnn3c(C4CC4)c(OCC(C)(C)O)ccc23)C1. The van der Waals surface area contributed by atoms with Gasteiger partial charge in [0, 0.05) is 12.0 Å². The van der Waals surface area contributed by atoms with Crippen molar-refractivity contribution in [3.8, 4) is 11.6 Å². The number of carbonyl (C=O) groups excluding carboxylic acids is 3. The average Bonchev–Trinajstić information content (AvgIpc) is 3.56. The second kappa shape index (κ2) is 13.2. The Morgan fingerprint density at radius 2 is 1.72 bits per heavy atom. The molecule has 256 valence electrons. The monoisotopic (exact) mass is 653 g/mol. The molecule has 0 unspecified atom stereocenters. The molecule has 1 amide bonds. The summed E-state index contributed by atoms with van der Waals surface area (Å²) in [5.41, 5.74) is 0.386. The molecule has 3 aromatic heterocycles. The number of esters is 1. The molecular formula is C34H47N5O8. The molecule has 2 N–H and O–H groups in total. The van der Waals surface area contributed by atoms with E-state index in [1.165, 1.54) is 6.20 Å². The number of aliphatic hydroxyl groups is 1. The predicted molar refractivity (Wildman–Crippen MR) is 172 cm³/mol. The number of ether oxygens (including phenoxy) is 4. The first-order chi connectivity index (χ1) is 22.1. The number of pyridine rings is 1. The molecule has 3 heterocycles. The van der Waals surface area contributed by atoms with Gasteiger partial charge in [-0.15, -0.1) is 4.68 Å². The van der Waals surface area contributed by atoms with E-state index >= 15 is 0 Å². The Balaban J connectivity index is 1.22. The minimum Gasteiger partial charge on any atom is -0.489 e. The number of hydrogen-bond donors (Lipinski definition) is 2. The van der Waals surface area contributed by atoms with Gasteiger partial charge in [-0.05, 0) is 91.2 Å². The van der Waals surface area contributed by atoms with Gasteiger partial charge in [0.2, 0.25) is 5.88 Å². The molecule has 5 rings (SSSR count). The number of nitrogens with one attached hydrogen (secondary N) is 1. The van der Waals surface area contributed by atoms with E-state index in [-0.39, 0.29) is 48.6 Å². The van der Waals surface area contributed by atoms with Crippen LogP contribution in [-0.4, -0.2) is 79.5 Å². The largest absolute Gasteiger partial charge is 0.489 e. The summed E-state index contributed by atoms with van der Waals surface area (Å²) in [4.78, 5) is 38.8. The van der Waals surface area contributed by atoms with E-state index in [2.05, 4.69) is 22.4 Å². The lowest BCUT2D eigenvalue weighted by Gasteiger charge is -2.47. The summed E-state index contributed by atoms with van der Waals surface area (Å²) in [5.74, 6) is 0.151. The normalized spacial score (nSPS) is 19.6. The standard InChI is InChI=1S/C34H47N5O8/c1-8-34(14-15-45-29-24(30(41)44-9-2)19-36-39(29)31(42)47-32(3,4)5)16-22(17-34)37-28(40)23-18-35-38-25(23)12-13-26(27(38)21-10-11-21)46-20-33(6,7)43/h12-13,18-19,21-22,43H,8-11,14-17,20H2,1-7H3,(H,37,40)/t22-,34-. The second-order valence-corrected chi connectivity index (χ2v) is 14.3. The molecule has 13 heteroatoms. The number of carbonyl (C=O) groups is 3. The Labute approximate surface area is 274 Å². The maximum Gasteiger partial charge on any atom is 0.438 e. The molecule has 0 aliphatic heterocycles. The van der Waals surface area contributed by atoms with Gasteiger partial charge in [-0.25, -0.2) is 14.1 Å². The fraction of sp³-hybridized carbons (Fsp3) is 0.618. The number of rotatable bonds is 13. The van der Waals surface area contributed by atoms with Crippen LogP contribution in [0.15, 0.2) is 24.5 Å². The zero-order valence-electron chi connectivity index (χ0n) is 28.4. The molecule has 47 heavy (non-hydrogen) atoms. The van der Waals surface area contributed by atoms with Gasteiger partial charge in [0.25, 0.3) is 5.91 Å². The smallest absolute Gasteiger partial charge is 0.438 e. The van der Waals surface area contributed by atoms with Gasteiger partial charge in [-0.1, -0.05) is 13.3 Å². The summed E-state index contributed by atoms with van der Waals surface area (Å²) < 4.78 is 25.3. The molecule has 0 spiro atoms. The van der Waals surface area contributed by atoms with Crippen molar-refractivity contribution in [1.29, 1.82) is 0 Å². The van der Waals surface area contributed by atoms with Gasteiger partial charge in [0.15, 0.2) is 0 Å². The molecule has 0 saturated heterocycles. The minimum absolute atomic E-state index is 0.0135. The van der Waals surface area contributed by atoms with Crippen LogP contribution in [0.2, 0.25) is 0 Å². The highest BCUT2D eigenvalue weighted by Crippen LogP contribution is 2.47. The first-order valence-corrected chi connectivity index (χ1v) is 16.4. The van der Waals surface area contributed by atoms with Crippen molar-refractivity contribution in [2.24, 2.45) is 5.41 Å². The highest BCUT2D eigenvalue weighted by atomic mass is 16.6. The van der Waals surface area contributed by atoms with Gasteiger partial charge in [0.1, 0.15) is 23.5 Å². The van der Waals surface area contributed by atoms with Crippen molar-refractivity contribution in [3.05, 3.63) is 41.3 Å². The van der Waals surface area contributed by atoms with Crippen molar-refractivity contribution in [1.82, 2.24) is 24.7 Å². The summed E-state index contributed by atoms with van der Waals surface area (Å²) >= 11 is 0. The molecule has 3 aromatic rings. The van der Waals surface area contributed by atoms with Crippen LogP contribution in [0.5, 0.6) is 11.6 Å². The lowest BCUT2D eigenvalue weighted by atomic mass is 9.62. The summed E-state index contributed by atoms with van der Waals surface area (Å²) in [5, 5.41) is 21.9. The van der Waals surface area contributed by atoms with Crippen LogP contribution in [0.4, 0.5) is 4.79 Å². The van der Waals surface area contributed by atoms with Crippen molar-refractivity contribution in [2.75, 3.05) is 19.8 Å². The van der Waals surface area contributed by atoms with E-state index in [1.54, 1.807) is 52.3 Å². The van der Waals surface area contributed by atoms with Crippen LogP contribution in [0, 0.1) is 5.41 Å². The van der Waals surface area contributed by atoms with E-state index in [0.29, 0.717) is 29.2 Å². The van der Waals surface area contributed by atoms with Gasteiger partial charge in [-0.3, -0.25) is 4.79 Å². The third-order valence-corrected chi connectivity index (χ3v) is 8.57. The first-order valence-electron chi connectivity index (χ1n) is 16.4. The lowest BCUT2D eigenvalue weighted by molar-refractivity contribution is 0.0279. The Hall–Kier alpha value is -4.13. The Morgan fingerprint density at radius 3 is 2.34 bits per heavy atom. The topological polar surface area (TPSA) is 156 Å². The molecule has 2 saturated carbocycles. The van der Waals surface area contributed by atoms with E-state index in [9.17, 15) is 19.5 Å². The maximum absolute atomic E-state index is 13.4. The van der Waals surface area contributed by atoms with Crippen LogP contribution < -0.4 is 14.8 Å². The van der Waals surface area contributed by atoms with E-state index in [1.807, 2.05) is 12.1 Å². The summed E-state index contributed by atoms with van der Waals surface area (Å²) in [6, 6.07) is 3.69. The van der Waals surface area contributed by atoms with E-state index in [0.717, 1.165) is 42.5 Å². The quantitative estimate of drug-likeness (QED) is 0.233. The van der Waals surface area contributed by atoms with Crippen LogP contribution in [0.25, 0.3) is 5.52 Å². The Kier molecular flexibility index (Phi) is 9.59. The Bertz CT molecular complexity index is 1620. The van der Waals surface area contributed by atoms with Crippen LogP contribution in [-0.2, 0) is 9.47 Å². The van der Waals surface area contributed by atoms with Gasteiger partial charge in [0.05, 0.1) is 48.0 Å². The van der Waals surface area contributed by atoms with Gasteiger partial charge >= 0.3 is 12.1 Å². The molecule has 0 bridgehead atoms. The molecule has 0 radical (unpaired) electrons. The first kappa shape index (κ1) is 34.2. The molecule has 2 fully saturated rings. The molecule has 2 aliphatic carbocycles. The zero-order chi connectivity index (χ0) is 34.1. The predicted octanol–water partition coefficient (Wildman–Crippen LogP) is 5.28. The summed E-state index contributed by atoms with van der Waals surface area (Å²) in [7, 11) is 0. The highest BCUT2D eigenvalue weighted by Gasteiger charge is 2.44. The van der Waals surface area contributed by atoms with Crippen molar-refractivity contribution < 1.29 is 38.4 Å². The Morgan fingerprint density at radius 1 is 1.02 bits per heavy atom. The van der Waals surface area contributed by atoms with E-state index in [4.69, 9.17) is 18.9 Å². The molecule has 0 aromatic carbocycles. The van der Waals surface area contributed by atoms with E-state index < -0.39 is 23.3 Å². The lowest BCUT2D eigenvalue weighted by Crippen LogP contribution is -2.51. The zero-order valence-corrected chi connectivity index (χ0v) is 28.4. The second-order valence-electron chi connectivity index (χ2n) is 14.3. The van der Waals surface area contributed by atoms with Crippen molar-refractivity contribution in [3.63, 3.8) is 0 Å². The summed E-state index contributed by atoms with van der Waals surface area (Å²) in [6.45, 7) is 13.0. The van der Waals surface area contributed by atoms with Crippen LogP contribution in [0.3, 0.4) is 0 Å². The molecular weight excluding hydrogens is 606 g/mol. The summed E-state index contributed by atoms with van der Waals surface area (Å²) in [6.07, 6.45) is 7.18. The number of aromatic nitrogens is 4. The molecule has 13 nitrogen and oxygen atoms in total. The minimum atomic E-state index is -0.970. The van der Waals surface area contributed by atoms with Crippen LogP contribution >= 0.6 is 0 Å². The number of fused-ring (bicyclic) bond motifs is 1. The number of nitrogens with zero attached hydrogens (tertiary/aromatic N) is 4. The highest BCUT2D eigenvalue weighted by molar-refractivity contribution is 6.01. The fourth-order valence-electron chi connectivity index (χ4n) is 5.98. The molecule has 2 aliphatic rings. The number of hydrogen-bond acceptors (Lipinski definition) is 10. The maximum atomic E-state index is 13.4. The van der Waals surface area contributed by atoms with Crippen molar-refractivity contribution in [2.45, 2.75) is 110 Å². The fourth-order valence-corrected chi connectivity index (χ4v) is 5.98. The van der Waals surface area contributed by atoms with Gasteiger partial charge < -0.3 is 29.4 Å².